The van der Waals surface area contributed by atoms with Gasteiger partial charge in [-0.25, -0.2) is 0 Å². The SMILES string of the molecule is COc1ccc([C@](C#N)(CCC(=O)C(C)(C)O)c2cccc[n+]2[O-])cc1. The molecule has 0 amide bonds. The van der Waals surface area contributed by atoms with Crippen LogP contribution in [0, 0.1) is 16.5 Å². The Hall–Kier alpha value is -2.91. The van der Waals surface area contributed by atoms with Crippen molar-refractivity contribution in [2.75, 3.05) is 7.11 Å². The summed E-state index contributed by atoms with van der Waals surface area (Å²) in [5.41, 5.74) is -2.00. The topological polar surface area (TPSA) is 97.3 Å². The third-order valence-corrected chi connectivity index (χ3v) is 4.44. The lowest BCUT2D eigenvalue weighted by molar-refractivity contribution is -0.616. The molecule has 136 valence electrons. The van der Waals surface area contributed by atoms with E-state index in [0.717, 1.165) is 0 Å². The van der Waals surface area contributed by atoms with Crippen LogP contribution in [0.25, 0.3) is 0 Å². The van der Waals surface area contributed by atoms with Crippen molar-refractivity contribution in [1.82, 2.24) is 0 Å². The van der Waals surface area contributed by atoms with E-state index in [-0.39, 0.29) is 24.3 Å². The van der Waals surface area contributed by atoms with Gasteiger partial charge in [0.25, 0.3) is 0 Å². The van der Waals surface area contributed by atoms with Gasteiger partial charge in [-0.2, -0.15) is 9.99 Å². The maximum Gasteiger partial charge on any atom is 0.217 e. The lowest BCUT2D eigenvalue weighted by Crippen LogP contribution is -2.43. The van der Waals surface area contributed by atoms with E-state index in [1.807, 2.05) is 0 Å². The molecule has 26 heavy (non-hydrogen) atoms. The smallest absolute Gasteiger partial charge is 0.217 e. The number of ketones is 1. The van der Waals surface area contributed by atoms with Crippen molar-refractivity contribution in [2.45, 2.75) is 37.7 Å². The Morgan fingerprint density at radius 2 is 1.92 bits per heavy atom. The molecule has 6 heteroatoms. The Kier molecular flexibility index (Phi) is 5.63. The highest BCUT2D eigenvalue weighted by molar-refractivity contribution is 5.86. The number of nitriles is 1. The minimum Gasteiger partial charge on any atom is -0.618 e. The van der Waals surface area contributed by atoms with Gasteiger partial charge in [-0.3, -0.25) is 4.79 Å². The summed E-state index contributed by atoms with van der Waals surface area (Å²) in [6.07, 6.45) is 1.35. The molecule has 0 fully saturated rings. The van der Waals surface area contributed by atoms with Gasteiger partial charge in [0.2, 0.25) is 5.69 Å². The molecule has 1 N–H and O–H groups in total. The van der Waals surface area contributed by atoms with Crippen molar-refractivity contribution >= 4 is 5.78 Å². The van der Waals surface area contributed by atoms with Crippen LogP contribution >= 0.6 is 0 Å². The molecule has 2 rings (SSSR count). The lowest BCUT2D eigenvalue weighted by Gasteiger charge is -2.26. The molecule has 2 aromatic rings. The van der Waals surface area contributed by atoms with Crippen LogP contribution in [0.15, 0.2) is 48.7 Å². The van der Waals surface area contributed by atoms with Crippen molar-refractivity contribution in [3.63, 3.8) is 0 Å². The molecule has 0 radical (unpaired) electrons. The van der Waals surface area contributed by atoms with Crippen molar-refractivity contribution in [3.8, 4) is 11.8 Å². The minimum absolute atomic E-state index is 0.0437. The number of Topliss-reactive ketones (excluding diaryl/α,β-unsaturated/α-hetero) is 1. The monoisotopic (exact) mass is 354 g/mol. The second-order valence-corrected chi connectivity index (χ2v) is 6.64. The van der Waals surface area contributed by atoms with Crippen LogP contribution in [0.3, 0.4) is 0 Å². The summed E-state index contributed by atoms with van der Waals surface area (Å²) < 4.78 is 5.79. The molecule has 0 aliphatic rings. The highest BCUT2D eigenvalue weighted by Crippen LogP contribution is 2.36. The van der Waals surface area contributed by atoms with E-state index in [0.29, 0.717) is 16.0 Å². The van der Waals surface area contributed by atoms with Crippen LogP contribution in [0.2, 0.25) is 0 Å². The molecule has 0 spiro atoms. The predicted octanol–water partition coefficient (Wildman–Crippen LogP) is 2.26. The summed E-state index contributed by atoms with van der Waals surface area (Å²) in [6.45, 7) is 2.82. The molecule has 0 bridgehead atoms. The van der Waals surface area contributed by atoms with Gasteiger partial charge in [0.15, 0.2) is 17.4 Å². The van der Waals surface area contributed by atoms with Crippen molar-refractivity contribution in [2.24, 2.45) is 0 Å². The molecule has 0 saturated carbocycles. The second-order valence-electron chi connectivity index (χ2n) is 6.64. The van der Waals surface area contributed by atoms with Gasteiger partial charge in [0.1, 0.15) is 11.4 Å². The van der Waals surface area contributed by atoms with Gasteiger partial charge in [0.05, 0.1) is 13.2 Å². The van der Waals surface area contributed by atoms with Crippen LogP contribution in [0.1, 0.15) is 37.9 Å². The van der Waals surface area contributed by atoms with Crippen LogP contribution in [0.5, 0.6) is 5.75 Å². The normalized spacial score (nSPS) is 13.5. The van der Waals surface area contributed by atoms with Crippen LogP contribution in [0.4, 0.5) is 0 Å². The molecule has 1 heterocycles. The summed E-state index contributed by atoms with van der Waals surface area (Å²) in [4.78, 5) is 12.2. The molecule has 0 aliphatic heterocycles. The molecular weight excluding hydrogens is 332 g/mol. The first kappa shape index (κ1) is 19.4. The molecule has 1 aromatic carbocycles. The number of methoxy groups -OCH3 is 1. The Balaban J connectivity index is 2.54. The van der Waals surface area contributed by atoms with Crippen LogP contribution in [-0.4, -0.2) is 23.6 Å². The Bertz CT molecular complexity index is 819. The predicted molar refractivity (Wildman–Crippen MR) is 95.3 cm³/mol. The second kappa shape index (κ2) is 7.54. The number of benzene rings is 1. The van der Waals surface area contributed by atoms with E-state index in [4.69, 9.17) is 4.74 Å². The van der Waals surface area contributed by atoms with Crippen LogP contribution in [-0.2, 0) is 10.2 Å². The molecule has 1 atom stereocenters. The summed E-state index contributed by atoms with van der Waals surface area (Å²) in [6, 6.07) is 13.9. The molecule has 6 nitrogen and oxygen atoms in total. The number of aliphatic hydroxyl groups is 1. The fourth-order valence-corrected chi connectivity index (χ4v) is 2.84. The maximum atomic E-state index is 12.4. The first-order valence-electron chi connectivity index (χ1n) is 8.25. The summed E-state index contributed by atoms with van der Waals surface area (Å²) in [5.74, 6) is 0.232. The van der Waals surface area contributed by atoms with Gasteiger partial charge in [-0.05, 0) is 44.0 Å². The first-order chi connectivity index (χ1) is 12.2. The fraction of sp³-hybridized carbons (Fsp3) is 0.350. The standard InChI is InChI=1S/C20H22N2O4/c1-19(2,24)18(23)11-12-20(14-21,17-6-4-5-13-22(17)25)15-7-9-16(26-3)10-8-15/h4-10,13,24H,11-12H2,1-3H3/t20-/m1/s1. The molecule has 0 unspecified atom stereocenters. The highest BCUT2D eigenvalue weighted by atomic mass is 16.5. The summed E-state index contributed by atoms with van der Waals surface area (Å²) >= 11 is 0. The largest absolute Gasteiger partial charge is 0.618 e. The zero-order valence-electron chi connectivity index (χ0n) is 15.1. The zero-order chi connectivity index (χ0) is 19.4. The minimum atomic E-state index is -1.49. The Labute approximate surface area is 152 Å². The van der Waals surface area contributed by atoms with Gasteiger partial charge >= 0.3 is 0 Å². The number of carbonyl (C=O) groups excluding carboxylic acids is 1. The van der Waals surface area contributed by atoms with E-state index in [1.165, 1.54) is 27.2 Å². The van der Waals surface area contributed by atoms with E-state index in [1.54, 1.807) is 42.5 Å². The average Bonchev–Trinajstić information content (AvgIpc) is 2.63. The summed E-state index contributed by atoms with van der Waals surface area (Å²) in [5, 5.41) is 32.3. The molecule has 0 saturated heterocycles. The number of hydrogen-bond donors (Lipinski definition) is 1. The number of carbonyl (C=O) groups is 1. The summed E-state index contributed by atoms with van der Waals surface area (Å²) in [7, 11) is 1.54. The fourth-order valence-electron chi connectivity index (χ4n) is 2.84. The van der Waals surface area contributed by atoms with Crippen LogP contribution < -0.4 is 9.47 Å². The van der Waals surface area contributed by atoms with Gasteiger partial charge in [-0.15, -0.1) is 0 Å². The zero-order valence-corrected chi connectivity index (χ0v) is 15.1. The third kappa shape index (κ3) is 3.84. The van der Waals surface area contributed by atoms with Gasteiger partial charge in [0, 0.05) is 18.6 Å². The maximum absolute atomic E-state index is 12.4. The molecular formula is C20H22N2O4. The Morgan fingerprint density at radius 3 is 2.42 bits per heavy atom. The van der Waals surface area contributed by atoms with Gasteiger partial charge in [-0.1, -0.05) is 12.1 Å². The molecule has 0 aliphatic carbocycles. The van der Waals surface area contributed by atoms with Crippen molar-refractivity contribution in [1.29, 1.82) is 5.26 Å². The number of hydrogen-bond acceptors (Lipinski definition) is 5. The lowest BCUT2D eigenvalue weighted by atomic mass is 9.74. The average molecular weight is 354 g/mol. The number of ether oxygens (including phenoxy) is 1. The number of rotatable bonds is 7. The number of aromatic nitrogens is 1. The van der Waals surface area contributed by atoms with Gasteiger partial charge < -0.3 is 15.1 Å². The van der Waals surface area contributed by atoms with E-state index < -0.39 is 11.0 Å². The first-order valence-corrected chi connectivity index (χ1v) is 8.25. The number of nitrogens with zero attached hydrogens (tertiary/aromatic N) is 2. The Morgan fingerprint density at radius 1 is 1.27 bits per heavy atom. The highest BCUT2D eigenvalue weighted by Gasteiger charge is 2.42. The van der Waals surface area contributed by atoms with E-state index in [2.05, 4.69) is 6.07 Å². The van der Waals surface area contributed by atoms with E-state index >= 15 is 0 Å². The van der Waals surface area contributed by atoms with Crippen molar-refractivity contribution < 1.29 is 19.4 Å². The quantitative estimate of drug-likeness (QED) is 0.607. The van der Waals surface area contributed by atoms with E-state index in [9.17, 15) is 20.4 Å². The number of pyridine rings is 1. The third-order valence-electron chi connectivity index (χ3n) is 4.44. The molecule has 1 aromatic heterocycles. The van der Waals surface area contributed by atoms with Crippen molar-refractivity contribution in [3.05, 3.63) is 65.1 Å².